The molecule has 2 heterocycles. The number of methoxy groups -OCH3 is 3. The molecule has 1 aromatic carbocycles. The van der Waals surface area contributed by atoms with Gasteiger partial charge in [-0.2, -0.15) is 0 Å². The third-order valence-corrected chi connectivity index (χ3v) is 4.87. The smallest absolute Gasteiger partial charge is 0.319 e. The molecule has 0 radical (unpaired) electrons. The van der Waals surface area contributed by atoms with Crippen molar-refractivity contribution in [3.05, 3.63) is 53.5 Å². The number of pyridine rings is 1. The first-order valence-corrected chi connectivity index (χ1v) is 9.36. The summed E-state index contributed by atoms with van der Waals surface area (Å²) in [7, 11) is 4.57. The summed E-state index contributed by atoms with van der Waals surface area (Å²) in [5, 5.41) is 7.62. The van der Waals surface area contributed by atoms with Crippen molar-refractivity contribution in [1.29, 1.82) is 0 Å². The molecule has 0 fully saturated rings. The van der Waals surface area contributed by atoms with E-state index in [2.05, 4.69) is 15.6 Å². The third-order valence-electron chi connectivity index (χ3n) is 3.97. The van der Waals surface area contributed by atoms with Gasteiger partial charge >= 0.3 is 6.03 Å². The fourth-order valence-corrected chi connectivity index (χ4v) is 3.35. The monoisotopic (exact) mass is 399 g/mol. The van der Waals surface area contributed by atoms with Gasteiger partial charge in [-0.25, -0.2) is 4.79 Å². The number of carbonyl (C=O) groups excluding carboxylic acids is 1. The van der Waals surface area contributed by atoms with Gasteiger partial charge in [0, 0.05) is 24.9 Å². The van der Waals surface area contributed by atoms with Gasteiger partial charge in [0.05, 0.1) is 37.6 Å². The number of nitrogens with one attached hydrogen (secondary N) is 2. The second-order valence-electron chi connectivity index (χ2n) is 5.75. The van der Waals surface area contributed by atoms with Crippen LogP contribution in [0.3, 0.4) is 0 Å². The van der Waals surface area contributed by atoms with Gasteiger partial charge < -0.3 is 24.8 Å². The Morgan fingerprint density at radius 2 is 1.82 bits per heavy atom. The molecule has 2 aromatic heterocycles. The average molecular weight is 399 g/mol. The maximum absolute atomic E-state index is 12.3. The zero-order valence-corrected chi connectivity index (χ0v) is 16.6. The number of nitrogens with zero attached hydrogens (tertiary/aromatic N) is 1. The zero-order valence-electron chi connectivity index (χ0n) is 15.8. The number of hydrogen-bond acceptors (Lipinski definition) is 6. The van der Waals surface area contributed by atoms with Gasteiger partial charge in [-0.1, -0.05) is 6.07 Å². The Morgan fingerprint density at radius 3 is 2.43 bits per heavy atom. The minimum Gasteiger partial charge on any atom is -0.493 e. The number of ether oxygens (including phenoxy) is 3. The van der Waals surface area contributed by atoms with Crippen molar-refractivity contribution in [3.63, 3.8) is 0 Å². The van der Waals surface area contributed by atoms with Crippen molar-refractivity contribution in [3.8, 4) is 27.8 Å². The molecule has 3 aromatic rings. The summed E-state index contributed by atoms with van der Waals surface area (Å²) in [6.45, 7) is 0.372. The third kappa shape index (κ3) is 4.52. The second-order valence-corrected chi connectivity index (χ2v) is 6.70. The van der Waals surface area contributed by atoms with Crippen LogP contribution in [-0.2, 0) is 6.54 Å². The Bertz CT molecular complexity index is 919. The minimum absolute atomic E-state index is 0.344. The van der Waals surface area contributed by atoms with E-state index in [0.717, 1.165) is 16.1 Å². The van der Waals surface area contributed by atoms with Crippen LogP contribution in [-0.4, -0.2) is 32.3 Å². The molecule has 0 aliphatic rings. The average Bonchev–Trinajstić information content (AvgIpc) is 3.26. The number of amides is 2. The van der Waals surface area contributed by atoms with E-state index >= 15 is 0 Å². The highest BCUT2D eigenvalue weighted by Crippen LogP contribution is 2.39. The van der Waals surface area contributed by atoms with Gasteiger partial charge in [0.15, 0.2) is 11.5 Å². The molecule has 146 valence electrons. The summed E-state index contributed by atoms with van der Waals surface area (Å²) >= 11 is 1.62. The van der Waals surface area contributed by atoms with Gasteiger partial charge in [-0.05, 0) is 29.1 Å². The molecule has 3 rings (SSSR count). The summed E-state index contributed by atoms with van der Waals surface area (Å²) < 4.78 is 15.9. The lowest BCUT2D eigenvalue weighted by molar-refractivity contribution is 0.251. The summed E-state index contributed by atoms with van der Waals surface area (Å²) in [6.07, 6.45) is 1.74. The van der Waals surface area contributed by atoms with E-state index in [-0.39, 0.29) is 6.03 Å². The van der Waals surface area contributed by atoms with Gasteiger partial charge in [-0.3, -0.25) is 4.98 Å². The molecular formula is C20H21N3O4S. The Hall–Kier alpha value is -3.26. The Kier molecular flexibility index (Phi) is 6.33. The standard InChI is InChI=1S/C20H21N3O4S/c1-25-16-10-14(11-17(26-2)19(16)27-3)23-20(24)22-12-13-6-7-21-15(9-13)18-5-4-8-28-18/h4-11H,12H2,1-3H3,(H2,22,23,24). The molecule has 7 nitrogen and oxygen atoms in total. The highest BCUT2D eigenvalue weighted by molar-refractivity contribution is 7.13. The van der Waals surface area contributed by atoms with Crippen molar-refractivity contribution < 1.29 is 19.0 Å². The Morgan fingerprint density at radius 1 is 1.07 bits per heavy atom. The predicted octanol–water partition coefficient (Wildman–Crippen LogP) is 4.16. The normalized spacial score (nSPS) is 10.2. The van der Waals surface area contributed by atoms with Crippen LogP contribution in [0.2, 0.25) is 0 Å². The molecule has 2 amide bonds. The van der Waals surface area contributed by atoms with Crippen LogP contribution < -0.4 is 24.8 Å². The van der Waals surface area contributed by atoms with Crippen molar-refractivity contribution >= 4 is 23.1 Å². The molecule has 0 atom stereocenters. The second kappa shape index (κ2) is 9.09. The minimum atomic E-state index is -0.344. The first-order chi connectivity index (χ1) is 13.6. The van der Waals surface area contributed by atoms with Crippen LogP contribution in [0.25, 0.3) is 10.6 Å². The Labute approximate surface area is 167 Å². The first kappa shape index (κ1) is 19.5. The van der Waals surface area contributed by atoms with Gasteiger partial charge in [-0.15, -0.1) is 11.3 Å². The fraction of sp³-hybridized carbons (Fsp3) is 0.200. The van der Waals surface area contributed by atoms with Crippen molar-refractivity contribution in [1.82, 2.24) is 10.3 Å². The SMILES string of the molecule is COc1cc(NC(=O)NCc2ccnc(-c3cccs3)c2)cc(OC)c1OC. The number of urea groups is 1. The van der Waals surface area contributed by atoms with E-state index in [4.69, 9.17) is 14.2 Å². The highest BCUT2D eigenvalue weighted by Gasteiger charge is 2.14. The highest BCUT2D eigenvalue weighted by atomic mass is 32.1. The molecule has 0 bridgehead atoms. The molecule has 2 N–H and O–H groups in total. The lowest BCUT2D eigenvalue weighted by Gasteiger charge is -2.15. The maximum Gasteiger partial charge on any atom is 0.319 e. The number of rotatable bonds is 7. The molecule has 0 saturated carbocycles. The van der Waals surface area contributed by atoms with E-state index in [1.165, 1.54) is 21.3 Å². The molecule has 28 heavy (non-hydrogen) atoms. The summed E-state index contributed by atoms with van der Waals surface area (Å²) in [5.41, 5.74) is 2.37. The molecule has 8 heteroatoms. The molecule has 0 aliphatic carbocycles. The number of benzene rings is 1. The lowest BCUT2D eigenvalue weighted by Crippen LogP contribution is -2.28. The molecule has 0 unspecified atom stereocenters. The van der Waals surface area contributed by atoms with E-state index in [0.29, 0.717) is 29.5 Å². The van der Waals surface area contributed by atoms with Gasteiger partial charge in [0.2, 0.25) is 5.75 Å². The summed E-state index contributed by atoms with van der Waals surface area (Å²) in [5.74, 6) is 1.40. The van der Waals surface area contributed by atoms with Crippen molar-refractivity contribution in [2.75, 3.05) is 26.6 Å². The number of hydrogen-bond donors (Lipinski definition) is 2. The molecule has 0 spiro atoms. The molecule has 0 saturated heterocycles. The van der Waals surface area contributed by atoms with Crippen LogP contribution >= 0.6 is 11.3 Å². The van der Waals surface area contributed by atoms with Crippen LogP contribution in [0.5, 0.6) is 17.2 Å². The fourth-order valence-electron chi connectivity index (χ4n) is 2.65. The van der Waals surface area contributed by atoms with Crippen LogP contribution in [0, 0.1) is 0 Å². The van der Waals surface area contributed by atoms with Crippen LogP contribution in [0.1, 0.15) is 5.56 Å². The van der Waals surface area contributed by atoms with Crippen LogP contribution in [0.15, 0.2) is 48.0 Å². The topological polar surface area (TPSA) is 81.7 Å². The summed E-state index contributed by atoms with van der Waals surface area (Å²) in [4.78, 5) is 17.8. The van der Waals surface area contributed by atoms with Gasteiger partial charge in [0.1, 0.15) is 0 Å². The number of carbonyl (C=O) groups is 1. The number of aromatic nitrogens is 1. The van der Waals surface area contributed by atoms with Crippen molar-refractivity contribution in [2.24, 2.45) is 0 Å². The molecular weight excluding hydrogens is 378 g/mol. The quantitative estimate of drug-likeness (QED) is 0.624. The predicted molar refractivity (Wildman–Crippen MR) is 110 cm³/mol. The van der Waals surface area contributed by atoms with Gasteiger partial charge in [0.25, 0.3) is 0 Å². The number of thiophene rings is 1. The summed E-state index contributed by atoms with van der Waals surface area (Å²) in [6, 6.07) is 10.8. The van der Waals surface area contributed by atoms with E-state index in [1.54, 1.807) is 29.7 Å². The lowest BCUT2D eigenvalue weighted by atomic mass is 10.2. The number of anilines is 1. The maximum atomic E-state index is 12.3. The largest absolute Gasteiger partial charge is 0.493 e. The van der Waals surface area contributed by atoms with Crippen molar-refractivity contribution in [2.45, 2.75) is 6.54 Å². The first-order valence-electron chi connectivity index (χ1n) is 8.48. The Balaban J connectivity index is 1.66. The van der Waals surface area contributed by atoms with Crippen LogP contribution in [0.4, 0.5) is 10.5 Å². The molecule has 0 aliphatic heterocycles. The zero-order chi connectivity index (χ0) is 19.9. The van der Waals surface area contributed by atoms with E-state index in [1.807, 2.05) is 29.6 Å². The van der Waals surface area contributed by atoms with E-state index < -0.39 is 0 Å². The van der Waals surface area contributed by atoms with E-state index in [9.17, 15) is 4.79 Å².